The third kappa shape index (κ3) is 5.73. The molecule has 1 saturated heterocycles. The smallest absolute Gasteiger partial charge is 0.372 e. The van der Waals surface area contributed by atoms with E-state index in [1.165, 1.54) is 42.7 Å². The van der Waals surface area contributed by atoms with E-state index < -0.39 is 27.5 Å². The molecule has 0 spiro atoms. The molecule has 158 valence electrons. The molecule has 2 aromatic rings. The van der Waals surface area contributed by atoms with Gasteiger partial charge in [0.25, 0.3) is 0 Å². The zero-order chi connectivity index (χ0) is 21.1. The minimum absolute atomic E-state index is 0.118. The Labute approximate surface area is 170 Å². The maximum Gasteiger partial charge on any atom is 0.416 e. The third-order valence-electron chi connectivity index (χ3n) is 5.14. The van der Waals surface area contributed by atoms with Crippen molar-refractivity contribution in [2.45, 2.75) is 37.7 Å². The van der Waals surface area contributed by atoms with Crippen LogP contribution < -0.4 is 4.90 Å². The highest BCUT2D eigenvalue weighted by Crippen LogP contribution is 2.30. The number of rotatable bonds is 6. The Balaban J connectivity index is 1.65. The molecule has 0 radical (unpaired) electrons. The van der Waals surface area contributed by atoms with Crippen molar-refractivity contribution in [1.29, 1.82) is 0 Å². The van der Waals surface area contributed by atoms with Gasteiger partial charge in [0.1, 0.15) is 0 Å². The molecule has 1 aliphatic heterocycles. The van der Waals surface area contributed by atoms with Crippen LogP contribution in [0.15, 0.2) is 48.5 Å². The van der Waals surface area contributed by atoms with Crippen LogP contribution in [-0.2, 0) is 28.5 Å². The van der Waals surface area contributed by atoms with Crippen LogP contribution in [0.2, 0.25) is 0 Å². The number of sulfonamides is 1. The van der Waals surface area contributed by atoms with E-state index in [0.717, 1.165) is 36.5 Å². The Morgan fingerprint density at radius 2 is 1.62 bits per heavy atom. The van der Waals surface area contributed by atoms with Crippen molar-refractivity contribution >= 4 is 15.7 Å². The number of hydrogen-bond acceptors (Lipinski definition) is 3. The summed E-state index contributed by atoms with van der Waals surface area (Å²) in [5.41, 5.74) is 1.23. The van der Waals surface area contributed by atoms with Crippen molar-refractivity contribution in [2.24, 2.45) is 0 Å². The molecule has 0 aromatic heterocycles. The van der Waals surface area contributed by atoms with E-state index in [0.29, 0.717) is 0 Å². The number of benzene rings is 2. The van der Waals surface area contributed by atoms with Crippen LogP contribution in [0.5, 0.6) is 0 Å². The van der Waals surface area contributed by atoms with Gasteiger partial charge in [0.05, 0.1) is 11.3 Å². The first-order valence-electron chi connectivity index (χ1n) is 9.59. The Morgan fingerprint density at radius 3 is 2.24 bits per heavy atom. The molecule has 0 amide bonds. The minimum atomic E-state index is -4.50. The Kier molecular flexibility index (Phi) is 6.53. The van der Waals surface area contributed by atoms with Gasteiger partial charge in [-0.25, -0.2) is 12.7 Å². The van der Waals surface area contributed by atoms with Crippen LogP contribution in [0.4, 0.5) is 18.9 Å². The zero-order valence-electron chi connectivity index (χ0n) is 16.3. The predicted molar refractivity (Wildman–Crippen MR) is 108 cm³/mol. The highest BCUT2D eigenvalue weighted by Gasteiger charge is 2.31. The van der Waals surface area contributed by atoms with Gasteiger partial charge in [-0.2, -0.15) is 13.2 Å². The van der Waals surface area contributed by atoms with E-state index in [1.54, 1.807) is 0 Å². The molecule has 1 aliphatic rings. The first-order valence-corrected chi connectivity index (χ1v) is 11.2. The van der Waals surface area contributed by atoms with E-state index >= 15 is 0 Å². The lowest BCUT2D eigenvalue weighted by atomic mass is 10.1. The minimum Gasteiger partial charge on any atom is -0.372 e. The molecule has 0 aliphatic carbocycles. The molecule has 0 saturated carbocycles. The van der Waals surface area contributed by atoms with Gasteiger partial charge in [-0.1, -0.05) is 30.3 Å². The second kappa shape index (κ2) is 8.75. The molecule has 0 unspecified atom stereocenters. The predicted octanol–water partition coefficient (Wildman–Crippen LogP) is 4.66. The third-order valence-corrected chi connectivity index (χ3v) is 6.92. The Morgan fingerprint density at radius 1 is 0.966 bits per heavy atom. The van der Waals surface area contributed by atoms with Gasteiger partial charge >= 0.3 is 6.18 Å². The first-order chi connectivity index (χ1) is 13.6. The summed E-state index contributed by atoms with van der Waals surface area (Å²) in [6, 6.07) is 12.2. The van der Waals surface area contributed by atoms with E-state index in [4.69, 9.17) is 0 Å². The quantitative estimate of drug-likeness (QED) is 0.675. The Bertz CT molecular complexity index is 922. The second-order valence-electron chi connectivity index (χ2n) is 7.42. The van der Waals surface area contributed by atoms with Crippen molar-refractivity contribution in [3.63, 3.8) is 0 Å². The number of piperidine rings is 1. The van der Waals surface area contributed by atoms with Crippen molar-refractivity contribution in [1.82, 2.24) is 4.31 Å². The molecule has 0 N–H and O–H groups in total. The molecule has 1 heterocycles. The van der Waals surface area contributed by atoms with E-state index in [9.17, 15) is 21.6 Å². The summed E-state index contributed by atoms with van der Waals surface area (Å²) in [4.78, 5) is 2.32. The maximum absolute atomic E-state index is 12.9. The van der Waals surface area contributed by atoms with E-state index in [1.807, 2.05) is 24.3 Å². The molecule has 8 heteroatoms. The van der Waals surface area contributed by atoms with Crippen LogP contribution in [-0.4, -0.2) is 32.9 Å². The molecule has 3 rings (SSSR count). The van der Waals surface area contributed by atoms with Gasteiger partial charge in [0.15, 0.2) is 0 Å². The van der Waals surface area contributed by atoms with Crippen LogP contribution in [0.25, 0.3) is 0 Å². The second-order valence-corrected chi connectivity index (χ2v) is 9.50. The van der Waals surface area contributed by atoms with Crippen LogP contribution in [0.1, 0.15) is 36.0 Å². The van der Waals surface area contributed by atoms with Gasteiger partial charge in [0, 0.05) is 32.4 Å². The largest absolute Gasteiger partial charge is 0.416 e. The molecule has 29 heavy (non-hydrogen) atoms. The molecular weight excluding hydrogens is 401 g/mol. The molecule has 4 nitrogen and oxygen atoms in total. The van der Waals surface area contributed by atoms with Crippen molar-refractivity contribution < 1.29 is 21.6 Å². The average molecular weight is 427 g/mol. The number of nitrogens with zero attached hydrogens (tertiary/aromatic N) is 2. The van der Waals surface area contributed by atoms with Gasteiger partial charge < -0.3 is 4.90 Å². The zero-order valence-corrected chi connectivity index (χ0v) is 17.1. The van der Waals surface area contributed by atoms with Crippen molar-refractivity contribution in [2.75, 3.05) is 25.0 Å². The fraction of sp³-hybridized carbons (Fsp3) is 0.429. The molecule has 1 fully saturated rings. The summed E-state index contributed by atoms with van der Waals surface area (Å²) in [5, 5.41) is 0. The average Bonchev–Trinajstić information content (AvgIpc) is 2.68. The summed E-state index contributed by atoms with van der Waals surface area (Å²) in [5.74, 6) is -0.473. The summed E-state index contributed by atoms with van der Waals surface area (Å²) in [6.45, 7) is 2.23. The lowest BCUT2D eigenvalue weighted by Gasteiger charge is -2.29. The fourth-order valence-electron chi connectivity index (χ4n) is 3.48. The highest BCUT2D eigenvalue weighted by atomic mass is 32.2. The first kappa shape index (κ1) is 21.6. The molecule has 0 bridgehead atoms. The number of hydrogen-bond donors (Lipinski definition) is 0. The van der Waals surface area contributed by atoms with Crippen LogP contribution in [0.3, 0.4) is 0 Å². The molecule has 2 aromatic carbocycles. The van der Waals surface area contributed by atoms with Crippen molar-refractivity contribution in [3.05, 3.63) is 65.2 Å². The summed E-state index contributed by atoms with van der Waals surface area (Å²) < 4.78 is 65.0. The fourth-order valence-corrected chi connectivity index (χ4v) is 4.64. The summed E-state index contributed by atoms with van der Waals surface area (Å²) in [7, 11) is -2.30. The topological polar surface area (TPSA) is 40.6 Å². The van der Waals surface area contributed by atoms with Gasteiger partial charge in [0.2, 0.25) is 10.0 Å². The normalized spacial score (nSPS) is 15.7. The van der Waals surface area contributed by atoms with Gasteiger partial charge in [-0.15, -0.1) is 0 Å². The number of halogens is 3. The summed E-state index contributed by atoms with van der Waals surface area (Å²) >= 11 is 0. The number of anilines is 1. The van der Waals surface area contributed by atoms with E-state index in [2.05, 4.69) is 4.90 Å². The lowest BCUT2D eigenvalue weighted by Crippen LogP contribution is -2.29. The van der Waals surface area contributed by atoms with E-state index in [-0.39, 0.29) is 12.1 Å². The summed E-state index contributed by atoms with van der Waals surface area (Å²) in [6.07, 6.45) is -0.887. The SMILES string of the molecule is CN(Cc1ccc(N2CCCCC2)cc1)S(=O)(=O)Cc1cccc(C(F)(F)F)c1. The standard InChI is InChI=1S/C21H25F3N2O2S/c1-25(15-17-8-10-20(11-9-17)26-12-3-2-4-13-26)29(27,28)16-18-6-5-7-19(14-18)21(22,23)24/h5-11,14H,2-4,12-13,15-16H2,1H3. The highest BCUT2D eigenvalue weighted by molar-refractivity contribution is 7.88. The van der Waals surface area contributed by atoms with Crippen LogP contribution >= 0.6 is 0 Å². The monoisotopic (exact) mass is 426 g/mol. The molecule has 0 atom stereocenters. The van der Waals surface area contributed by atoms with Crippen LogP contribution in [0, 0.1) is 0 Å². The van der Waals surface area contributed by atoms with Gasteiger partial charge in [-0.3, -0.25) is 0 Å². The maximum atomic E-state index is 12.9. The Hall–Kier alpha value is -2.06. The van der Waals surface area contributed by atoms with Gasteiger partial charge in [-0.05, 0) is 48.6 Å². The molecular formula is C21H25F3N2O2S. The van der Waals surface area contributed by atoms with Crippen molar-refractivity contribution in [3.8, 4) is 0 Å². The lowest BCUT2D eigenvalue weighted by molar-refractivity contribution is -0.137. The number of alkyl halides is 3.